The van der Waals surface area contributed by atoms with Crippen LogP contribution < -0.4 is 10.9 Å². The Balaban J connectivity index is 1.95. The van der Waals surface area contributed by atoms with Crippen LogP contribution in [0.1, 0.15) is 40.9 Å². The molecule has 128 valence electrons. The fourth-order valence-electron chi connectivity index (χ4n) is 2.26. The third kappa shape index (κ3) is 4.47. The number of nitrogens with one attached hydrogen (secondary N) is 2. The second-order valence-electron chi connectivity index (χ2n) is 5.47. The van der Waals surface area contributed by atoms with Gasteiger partial charge in [-0.25, -0.2) is 0 Å². The van der Waals surface area contributed by atoms with Gasteiger partial charge in [-0.1, -0.05) is 37.3 Å². The van der Waals surface area contributed by atoms with Crippen molar-refractivity contribution in [3.05, 3.63) is 69.6 Å². The van der Waals surface area contributed by atoms with E-state index in [1.807, 2.05) is 37.3 Å². The molecule has 1 aromatic heterocycles. The van der Waals surface area contributed by atoms with Gasteiger partial charge in [-0.2, -0.15) is 13.2 Å². The minimum Gasteiger partial charge on any atom is -0.352 e. The number of benzene rings is 1. The van der Waals surface area contributed by atoms with Gasteiger partial charge in [-0.15, -0.1) is 0 Å². The molecule has 0 aliphatic carbocycles. The first-order chi connectivity index (χ1) is 11.3. The zero-order valence-corrected chi connectivity index (χ0v) is 13.0. The molecule has 2 rings (SSSR count). The molecule has 0 unspecified atom stereocenters. The van der Waals surface area contributed by atoms with Crippen LogP contribution in [-0.4, -0.2) is 17.4 Å². The van der Waals surface area contributed by atoms with Crippen LogP contribution in [0.25, 0.3) is 0 Å². The first-order valence-electron chi connectivity index (χ1n) is 7.42. The lowest BCUT2D eigenvalue weighted by Crippen LogP contribution is -2.31. The van der Waals surface area contributed by atoms with Gasteiger partial charge in [0.15, 0.2) is 0 Å². The number of alkyl halides is 3. The minimum atomic E-state index is -4.65. The van der Waals surface area contributed by atoms with E-state index in [1.54, 1.807) is 4.98 Å². The number of carbonyl (C=O) groups excluding carboxylic acids is 1. The van der Waals surface area contributed by atoms with Crippen LogP contribution in [0.4, 0.5) is 13.2 Å². The minimum absolute atomic E-state index is 0.206. The van der Waals surface area contributed by atoms with E-state index < -0.39 is 23.3 Å². The summed E-state index contributed by atoms with van der Waals surface area (Å²) in [4.78, 5) is 25.2. The van der Waals surface area contributed by atoms with Crippen LogP contribution in [0.2, 0.25) is 0 Å². The maximum absolute atomic E-state index is 12.5. The summed E-state index contributed by atoms with van der Waals surface area (Å²) in [6.07, 6.45) is -4.01. The van der Waals surface area contributed by atoms with Crippen molar-refractivity contribution in [3.63, 3.8) is 0 Å². The first-order valence-corrected chi connectivity index (χ1v) is 7.42. The third-order valence-corrected chi connectivity index (χ3v) is 3.69. The Labute approximate surface area is 136 Å². The Bertz CT molecular complexity index is 754. The van der Waals surface area contributed by atoms with Crippen LogP contribution in [0.15, 0.2) is 47.3 Å². The number of carbonyl (C=O) groups is 1. The molecule has 2 N–H and O–H groups in total. The zero-order valence-electron chi connectivity index (χ0n) is 13.0. The van der Waals surface area contributed by atoms with Gasteiger partial charge in [0.05, 0.1) is 0 Å². The number of rotatable bonds is 5. The zero-order chi connectivity index (χ0) is 17.7. The molecule has 0 bridgehead atoms. The van der Waals surface area contributed by atoms with E-state index >= 15 is 0 Å². The van der Waals surface area contributed by atoms with Crippen molar-refractivity contribution in [1.29, 1.82) is 0 Å². The Morgan fingerprint density at radius 1 is 1.17 bits per heavy atom. The topological polar surface area (TPSA) is 62.0 Å². The molecule has 4 nitrogen and oxygen atoms in total. The predicted octanol–water partition coefficient (Wildman–Crippen LogP) is 3.32. The number of H-pyrrole nitrogens is 1. The van der Waals surface area contributed by atoms with Crippen LogP contribution in [-0.2, 0) is 6.18 Å². The highest BCUT2D eigenvalue weighted by molar-refractivity contribution is 5.93. The highest BCUT2D eigenvalue weighted by atomic mass is 19.4. The molecule has 0 aliphatic heterocycles. The van der Waals surface area contributed by atoms with Crippen LogP contribution >= 0.6 is 0 Å². The fourth-order valence-corrected chi connectivity index (χ4v) is 2.26. The molecule has 0 aliphatic rings. The van der Waals surface area contributed by atoms with Crippen LogP contribution in [0.3, 0.4) is 0 Å². The molecule has 0 saturated heterocycles. The Kier molecular flexibility index (Phi) is 5.43. The van der Waals surface area contributed by atoms with Crippen molar-refractivity contribution >= 4 is 5.91 Å². The molecule has 1 heterocycles. The normalized spacial score (nSPS) is 12.7. The quantitative estimate of drug-likeness (QED) is 0.878. The molecule has 2 aromatic rings. The van der Waals surface area contributed by atoms with E-state index in [4.69, 9.17) is 0 Å². The van der Waals surface area contributed by atoms with E-state index in [1.165, 1.54) is 0 Å². The fraction of sp³-hybridized carbons (Fsp3) is 0.294. The predicted molar refractivity (Wildman–Crippen MR) is 83.9 cm³/mol. The number of aromatic nitrogens is 1. The van der Waals surface area contributed by atoms with Crippen LogP contribution in [0.5, 0.6) is 0 Å². The average molecular weight is 338 g/mol. The maximum atomic E-state index is 12.5. The number of hydrogen-bond acceptors (Lipinski definition) is 2. The Hall–Kier alpha value is -2.57. The summed E-state index contributed by atoms with van der Waals surface area (Å²) in [6.45, 7) is 2.32. The summed E-state index contributed by atoms with van der Waals surface area (Å²) in [7, 11) is 0. The number of aromatic amines is 1. The molecular formula is C17H17F3N2O2. The number of pyridine rings is 1. The molecule has 24 heavy (non-hydrogen) atoms. The van der Waals surface area contributed by atoms with Crippen molar-refractivity contribution in [2.24, 2.45) is 0 Å². The second kappa shape index (κ2) is 7.33. The number of amides is 1. The summed E-state index contributed by atoms with van der Waals surface area (Å²) < 4.78 is 37.4. The van der Waals surface area contributed by atoms with E-state index in [0.717, 1.165) is 11.6 Å². The summed E-state index contributed by atoms with van der Waals surface area (Å²) in [6, 6.07) is 11.3. The lowest BCUT2D eigenvalue weighted by atomic mass is 9.98. The van der Waals surface area contributed by atoms with Gasteiger partial charge in [0.2, 0.25) is 0 Å². The molecule has 7 heteroatoms. The molecule has 1 atom stereocenters. The standard InChI is InChI=1S/C17H17F3N2O2/c1-11(12-5-3-2-4-6-12)9-10-21-15(23)13-7-8-14(17(18,19)20)22-16(13)24/h2-8,11H,9-10H2,1H3,(H,21,23)(H,22,24)/t11-/m0/s1. The van der Waals surface area contributed by atoms with Gasteiger partial charge < -0.3 is 10.3 Å². The lowest BCUT2D eigenvalue weighted by Gasteiger charge is -2.12. The molecule has 0 saturated carbocycles. The Morgan fingerprint density at radius 2 is 1.83 bits per heavy atom. The van der Waals surface area contributed by atoms with E-state index in [9.17, 15) is 22.8 Å². The van der Waals surface area contributed by atoms with Gasteiger partial charge >= 0.3 is 6.18 Å². The van der Waals surface area contributed by atoms with Crippen molar-refractivity contribution in [2.75, 3.05) is 6.54 Å². The van der Waals surface area contributed by atoms with Gasteiger partial charge in [-0.3, -0.25) is 9.59 Å². The van der Waals surface area contributed by atoms with Crippen molar-refractivity contribution < 1.29 is 18.0 Å². The van der Waals surface area contributed by atoms with E-state index in [-0.39, 0.29) is 11.5 Å². The lowest BCUT2D eigenvalue weighted by molar-refractivity contribution is -0.141. The third-order valence-electron chi connectivity index (χ3n) is 3.69. The summed E-state index contributed by atoms with van der Waals surface area (Å²) in [5.74, 6) is -0.484. The van der Waals surface area contributed by atoms with E-state index in [0.29, 0.717) is 19.0 Å². The van der Waals surface area contributed by atoms with Gasteiger partial charge in [0.1, 0.15) is 11.3 Å². The summed E-state index contributed by atoms with van der Waals surface area (Å²) >= 11 is 0. The maximum Gasteiger partial charge on any atom is 0.431 e. The van der Waals surface area contributed by atoms with Crippen molar-refractivity contribution in [1.82, 2.24) is 10.3 Å². The monoisotopic (exact) mass is 338 g/mol. The van der Waals surface area contributed by atoms with Crippen molar-refractivity contribution in [3.8, 4) is 0 Å². The van der Waals surface area contributed by atoms with Gasteiger partial charge in [0.25, 0.3) is 11.5 Å². The summed E-state index contributed by atoms with van der Waals surface area (Å²) in [5.41, 5.74) is -1.45. The van der Waals surface area contributed by atoms with Crippen molar-refractivity contribution in [2.45, 2.75) is 25.4 Å². The Morgan fingerprint density at radius 3 is 2.42 bits per heavy atom. The number of halogens is 3. The van der Waals surface area contributed by atoms with E-state index in [2.05, 4.69) is 5.32 Å². The van der Waals surface area contributed by atoms with Crippen LogP contribution in [0, 0.1) is 0 Å². The molecule has 1 amide bonds. The smallest absolute Gasteiger partial charge is 0.352 e. The molecule has 0 radical (unpaired) electrons. The molecule has 0 fully saturated rings. The first kappa shape index (κ1) is 17.8. The number of hydrogen-bond donors (Lipinski definition) is 2. The highest BCUT2D eigenvalue weighted by Gasteiger charge is 2.32. The van der Waals surface area contributed by atoms with Gasteiger partial charge in [-0.05, 0) is 30.0 Å². The molecule has 1 aromatic carbocycles. The second-order valence-corrected chi connectivity index (χ2v) is 5.47. The van der Waals surface area contributed by atoms with Gasteiger partial charge in [0, 0.05) is 6.54 Å². The highest BCUT2D eigenvalue weighted by Crippen LogP contribution is 2.26. The molecule has 0 spiro atoms. The average Bonchev–Trinajstić information content (AvgIpc) is 2.54. The summed E-state index contributed by atoms with van der Waals surface area (Å²) in [5, 5.41) is 2.56. The SMILES string of the molecule is C[C@@H](CCNC(=O)c1ccc(C(F)(F)F)[nH]c1=O)c1ccccc1. The molecular weight excluding hydrogens is 321 g/mol. The largest absolute Gasteiger partial charge is 0.431 e.